The first-order chi connectivity index (χ1) is 15.8. The van der Waals surface area contributed by atoms with Gasteiger partial charge in [-0.05, 0) is 54.0 Å². The Labute approximate surface area is 201 Å². The molecule has 0 bridgehead atoms. The molecule has 2 N–H and O–H groups in total. The molecule has 1 aliphatic heterocycles. The average Bonchev–Trinajstić information content (AvgIpc) is 2.82. The summed E-state index contributed by atoms with van der Waals surface area (Å²) < 4.78 is 31.5. The normalized spacial score (nSPS) is 14.4. The number of halogens is 1. The number of pyridine rings is 1. The highest BCUT2D eigenvalue weighted by molar-refractivity contribution is 9.10. The van der Waals surface area contributed by atoms with E-state index in [2.05, 4.69) is 46.4 Å². The molecule has 33 heavy (non-hydrogen) atoms. The van der Waals surface area contributed by atoms with Crippen molar-refractivity contribution in [3.8, 4) is 0 Å². The molecule has 0 saturated carbocycles. The highest BCUT2D eigenvalue weighted by atomic mass is 79.9. The number of hydrogen-bond acceptors (Lipinski definition) is 9. The molecule has 2 aromatic heterocycles. The standard InChI is InChI=1S/C22H25BrN6O3S/c1-15(2)33(30,31)19-6-4-3-5-18(19)27-21-17(23)14-25-22(28-21)26-16-7-8-20(24-13-16)29-9-11-32-12-10-29/h3-8,13-15H,9-12H2,1-2H3,(H2,25,26,27,28). The Kier molecular flexibility index (Phi) is 7.11. The molecule has 1 aromatic carbocycles. The topological polar surface area (TPSA) is 109 Å². The van der Waals surface area contributed by atoms with Gasteiger partial charge in [0.15, 0.2) is 9.84 Å². The zero-order chi connectivity index (χ0) is 23.4. The summed E-state index contributed by atoms with van der Waals surface area (Å²) in [5.74, 6) is 1.69. The van der Waals surface area contributed by atoms with Crippen LogP contribution in [0.1, 0.15) is 13.8 Å². The van der Waals surface area contributed by atoms with Crippen LogP contribution in [0.25, 0.3) is 0 Å². The van der Waals surface area contributed by atoms with Crippen LogP contribution in [0.4, 0.5) is 29.0 Å². The van der Waals surface area contributed by atoms with Gasteiger partial charge in [-0.3, -0.25) is 0 Å². The van der Waals surface area contributed by atoms with E-state index in [0.29, 0.717) is 35.1 Å². The van der Waals surface area contributed by atoms with Gasteiger partial charge in [0.1, 0.15) is 11.6 Å². The first-order valence-electron chi connectivity index (χ1n) is 10.5. The molecular weight excluding hydrogens is 508 g/mol. The number of rotatable bonds is 7. The number of para-hydroxylation sites is 1. The molecule has 1 saturated heterocycles. The Morgan fingerprint density at radius 2 is 1.79 bits per heavy atom. The van der Waals surface area contributed by atoms with Gasteiger partial charge in [0, 0.05) is 19.3 Å². The van der Waals surface area contributed by atoms with Gasteiger partial charge in [0.05, 0.1) is 45.4 Å². The average molecular weight is 533 g/mol. The lowest BCUT2D eigenvalue weighted by molar-refractivity contribution is 0.122. The lowest BCUT2D eigenvalue weighted by Gasteiger charge is -2.27. The first-order valence-corrected chi connectivity index (χ1v) is 12.9. The number of hydrogen-bond donors (Lipinski definition) is 2. The highest BCUT2D eigenvalue weighted by Crippen LogP contribution is 2.30. The SMILES string of the molecule is CC(C)S(=O)(=O)c1ccccc1Nc1nc(Nc2ccc(N3CCOCC3)nc2)ncc1Br. The van der Waals surface area contributed by atoms with E-state index >= 15 is 0 Å². The van der Waals surface area contributed by atoms with E-state index in [1.54, 1.807) is 50.5 Å². The number of sulfone groups is 1. The Hall–Kier alpha value is -2.76. The lowest BCUT2D eigenvalue weighted by Crippen LogP contribution is -2.36. The molecule has 0 aliphatic carbocycles. The molecule has 3 heterocycles. The maximum Gasteiger partial charge on any atom is 0.229 e. The van der Waals surface area contributed by atoms with Crippen LogP contribution >= 0.6 is 15.9 Å². The van der Waals surface area contributed by atoms with Gasteiger partial charge < -0.3 is 20.3 Å². The second-order valence-electron chi connectivity index (χ2n) is 7.73. The minimum Gasteiger partial charge on any atom is -0.378 e. The molecule has 1 aliphatic rings. The van der Waals surface area contributed by atoms with Crippen molar-refractivity contribution in [3.63, 3.8) is 0 Å². The molecule has 0 atom stereocenters. The predicted molar refractivity (Wildman–Crippen MR) is 132 cm³/mol. The third-order valence-electron chi connectivity index (χ3n) is 5.15. The number of nitrogens with one attached hydrogen (secondary N) is 2. The summed E-state index contributed by atoms with van der Waals surface area (Å²) >= 11 is 3.44. The van der Waals surface area contributed by atoms with Crippen LogP contribution in [0.15, 0.2) is 58.2 Å². The van der Waals surface area contributed by atoms with E-state index in [4.69, 9.17) is 4.74 Å². The molecule has 1 fully saturated rings. The molecule has 4 rings (SSSR count). The van der Waals surface area contributed by atoms with Gasteiger partial charge in [-0.25, -0.2) is 18.4 Å². The number of aromatic nitrogens is 3. The summed E-state index contributed by atoms with van der Waals surface area (Å²) in [7, 11) is -3.47. The van der Waals surface area contributed by atoms with Crippen LogP contribution in [0.3, 0.4) is 0 Å². The van der Waals surface area contributed by atoms with Crippen LogP contribution in [0, 0.1) is 0 Å². The van der Waals surface area contributed by atoms with Crippen molar-refractivity contribution in [2.75, 3.05) is 41.8 Å². The number of anilines is 5. The summed E-state index contributed by atoms with van der Waals surface area (Å²) in [6.07, 6.45) is 3.33. The Bertz CT molecular complexity index is 1220. The monoisotopic (exact) mass is 532 g/mol. The van der Waals surface area contributed by atoms with Gasteiger partial charge in [0.25, 0.3) is 0 Å². The van der Waals surface area contributed by atoms with E-state index < -0.39 is 15.1 Å². The first kappa shape index (κ1) is 23.4. The molecule has 11 heteroatoms. The van der Waals surface area contributed by atoms with Crippen molar-refractivity contribution in [3.05, 3.63) is 53.3 Å². The minimum atomic E-state index is -3.47. The van der Waals surface area contributed by atoms with Crippen LogP contribution in [0.5, 0.6) is 0 Å². The summed E-state index contributed by atoms with van der Waals surface area (Å²) in [6.45, 7) is 6.36. The summed E-state index contributed by atoms with van der Waals surface area (Å²) in [4.78, 5) is 15.7. The fraction of sp³-hybridized carbons (Fsp3) is 0.318. The van der Waals surface area contributed by atoms with Crippen molar-refractivity contribution in [1.29, 1.82) is 0 Å². The molecule has 3 aromatic rings. The molecule has 0 spiro atoms. The second-order valence-corrected chi connectivity index (χ2v) is 11.1. The second kappa shape index (κ2) is 10.0. The molecule has 9 nitrogen and oxygen atoms in total. The maximum absolute atomic E-state index is 12.8. The zero-order valence-electron chi connectivity index (χ0n) is 18.3. The number of morpholine rings is 1. The van der Waals surface area contributed by atoms with Crippen LogP contribution < -0.4 is 15.5 Å². The number of nitrogens with zero attached hydrogens (tertiary/aromatic N) is 4. The minimum absolute atomic E-state index is 0.225. The van der Waals surface area contributed by atoms with E-state index in [9.17, 15) is 8.42 Å². The van der Waals surface area contributed by atoms with Crippen molar-refractivity contribution in [2.45, 2.75) is 24.0 Å². The van der Waals surface area contributed by atoms with E-state index in [1.165, 1.54) is 0 Å². The van der Waals surface area contributed by atoms with Crippen molar-refractivity contribution in [2.24, 2.45) is 0 Å². The smallest absolute Gasteiger partial charge is 0.229 e. The number of ether oxygens (including phenoxy) is 1. The van der Waals surface area contributed by atoms with Crippen LogP contribution in [0.2, 0.25) is 0 Å². The van der Waals surface area contributed by atoms with Gasteiger partial charge >= 0.3 is 0 Å². The Morgan fingerprint density at radius 1 is 1.03 bits per heavy atom. The summed E-state index contributed by atoms with van der Waals surface area (Å²) in [6, 6.07) is 10.6. The maximum atomic E-state index is 12.8. The Balaban J connectivity index is 1.54. The van der Waals surface area contributed by atoms with Crippen molar-refractivity contribution >= 4 is 54.7 Å². The van der Waals surface area contributed by atoms with E-state index in [1.807, 2.05) is 12.1 Å². The van der Waals surface area contributed by atoms with Crippen LogP contribution in [-0.4, -0.2) is 54.9 Å². The molecule has 174 valence electrons. The highest BCUT2D eigenvalue weighted by Gasteiger charge is 2.23. The quantitative estimate of drug-likeness (QED) is 0.463. The van der Waals surface area contributed by atoms with E-state index in [-0.39, 0.29) is 4.90 Å². The van der Waals surface area contributed by atoms with Crippen molar-refractivity contribution < 1.29 is 13.2 Å². The molecular formula is C22H25BrN6O3S. The van der Waals surface area contributed by atoms with Crippen LogP contribution in [-0.2, 0) is 14.6 Å². The summed E-state index contributed by atoms with van der Waals surface area (Å²) in [5, 5.41) is 5.73. The number of benzene rings is 1. The third kappa shape index (κ3) is 5.43. The van der Waals surface area contributed by atoms with Gasteiger partial charge in [-0.2, -0.15) is 4.98 Å². The lowest BCUT2D eigenvalue weighted by atomic mass is 10.3. The van der Waals surface area contributed by atoms with Gasteiger partial charge in [0.2, 0.25) is 5.95 Å². The van der Waals surface area contributed by atoms with Crippen molar-refractivity contribution in [1.82, 2.24) is 15.0 Å². The fourth-order valence-corrected chi connectivity index (χ4v) is 4.78. The molecule has 0 amide bonds. The van der Waals surface area contributed by atoms with E-state index in [0.717, 1.165) is 24.6 Å². The predicted octanol–water partition coefficient (Wildman–Crippen LogP) is 4.14. The largest absolute Gasteiger partial charge is 0.378 e. The Morgan fingerprint density at radius 3 is 2.48 bits per heavy atom. The molecule has 0 radical (unpaired) electrons. The van der Waals surface area contributed by atoms with Gasteiger partial charge in [-0.15, -0.1) is 0 Å². The zero-order valence-corrected chi connectivity index (χ0v) is 20.7. The van der Waals surface area contributed by atoms with Gasteiger partial charge in [-0.1, -0.05) is 12.1 Å². The fourth-order valence-electron chi connectivity index (χ4n) is 3.28. The summed E-state index contributed by atoms with van der Waals surface area (Å²) in [5.41, 5.74) is 1.19. The third-order valence-corrected chi connectivity index (χ3v) is 7.94. The molecule has 0 unspecified atom stereocenters.